The molecule has 1 fully saturated rings. The lowest BCUT2D eigenvalue weighted by Gasteiger charge is -2.35. The Bertz CT molecular complexity index is 1580. The van der Waals surface area contributed by atoms with E-state index in [1.807, 2.05) is 88.6 Å². The average molecular weight is 520 g/mol. The molecule has 2 amide bonds. The molecule has 0 atom stereocenters. The fourth-order valence-corrected chi connectivity index (χ4v) is 4.86. The van der Waals surface area contributed by atoms with Crippen LogP contribution in [0.4, 0.5) is 16.3 Å². The van der Waals surface area contributed by atoms with Crippen molar-refractivity contribution < 1.29 is 9.53 Å². The number of piperazine rings is 1. The lowest BCUT2D eigenvalue weighted by atomic mass is 10.1. The molecule has 0 unspecified atom stereocenters. The summed E-state index contributed by atoms with van der Waals surface area (Å²) in [5, 5.41) is 8.55. The molecule has 2 aromatic heterocycles. The molecule has 1 saturated heterocycles. The number of anilines is 2. The number of carbonyl (C=O) groups excluding carboxylic acids is 1. The summed E-state index contributed by atoms with van der Waals surface area (Å²) < 4.78 is 7.24. The normalized spacial score (nSPS) is 13.5. The van der Waals surface area contributed by atoms with E-state index in [2.05, 4.69) is 27.4 Å². The predicted molar refractivity (Wildman–Crippen MR) is 152 cm³/mol. The first-order valence-corrected chi connectivity index (χ1v) is 13.0. The summed E-state index contributed by atoms with van der Waals surface area (Å²) in [5.41, 5.74) is 3.52. The van der Waals surface area contributed by atoms with Crippen molar-refractivity contribution in [2.45, 2.75) is 6.42 Å². The van der Waals surface area contributed by atoms with Crippen LogP contribution < -0.4 is 15.0 Å². The number of nitrogens with zero attached hydrogens (tertiary/aromatic N) is 6. The quantitative estimate of drug-likeness (QED) is 0.348. The predicted octanol–water partition coefficient (Wildman–Crippen LogP) is 4.77. The van der Waals surface area contributed by atoms with E-state index in [0.717, 1.165) is 33.9 Å². The molecule has 0 aliphatic carbocycles. The summed E-state index contributed by atoms with van der Waals surface area (Å²) in [6.07, 6.45) is 2.45. The topological polar surface area (TPSA) is 88.4 Å². The van der Waals surface area contributed by atoms with Crippen LogP contribution in [0.25, 0.3) is 16.7 Å². The number of urea groups is 1. The van der Waals surface area contributed by atoms with E-state index >= 15 is 0 Å². The highest BCUT2D eigenvalue weighted by atomic mass is 16.5. The number of carbonyl (C=O) groups is 1. The summed E-state index contributed by atoms with van der Waals surface area (Å²) in [4.78, 5) is 27.0. The number of para-hydroxylation sites is 3. The van der Waals surface area contributed by atoms with Crippen LogP contribution in [0.15, 0.2) is 91.1 Å². The molecule has 0 saturated carbocycles. The zero-order chi connectivity index (χ0) is 26.6. The van der Waals surface area contributed by atoms with Crippen molar-refractivity contribution in [1.82, 2.24) is 24.6 Å². The van der Waals surface area contributed by atoms with Crippen LogP contribution in [0.5, 0.6) is 5.75 Å². The molecule has 6 rings (SSSR count). The highest BCUT2D eigenvalue weighted by molar-refractivity contribution is 5.91. The number of hydrogen-bond acceptors (Lipinski definition) is 6. The summed E-state index contributed by atoms with van der Waals surface area (Å²) >= 11 is 0. The summed E-state index contributed by atoms with van der Waals surface area (Å²) in [7, 11) is 1.60. The third-order valence-electron chi connectivity index (χ3n) is 6.88. The summed E-state index contributed by atoms with van der Waals surface area (Å²) in [5.74, 6) is 2.21. The van der Waals surface area contributed by atoms with Crippen LogP contribution in [-0.2, 0) is 6.42 Å². The zero-order valence-electron chi connectivity index (χ0n) is 21.7. The Morgan fingerprint density at radius 2 is 1.56 bits per heavy atom. The molecule has 1 aliphatic heterocycles. The van der Waals surface area contributed by atoms with Gasteiger partial charge in [0.25, 0.3) is 0 Å². The van der Waals surface area contributed by atoms with Crippen molar-refractivity contribution in [3.63, 3.8) is 0 Å². The van der Waals surface area contributed by atoms with E-state index in [1.165, 1.54) is 0 Å². The molecule has 1 aliphatic rings. The van der Waals surface area contributed by atoms with Gasteiger partial charge >= 0.3 is 6.03 Å². The third kappa shape index (κ3) is 5.11. The van der Waals surface area contributed by atoms with Gasteiger partial charge in [-0.1, -0.05) is 60.7 Å². The van der Waals surface area contributed by atoms with Gasteiger partial charge in [0.15, 0.2) is 5.65 Å². The Labute approximate surface area is 226 Å². The molecule has 1 N–H and O–H groups in total. The number of ether oxygens (including phenoxy) is 1. The monoisotopic (exact) mass is 519 g/mol. The first kappa shape index (κ1) is 24.4. The Kier molecular flexibility index (Phi) is 6.78. The zero-order valence-corrected chi connectivity index (χ0v) is 21.7. The lowest BCUT2D eigenvalue weighted by molar-refractivity contribution is 0.208. The number of aromatic nitrogens is 4. The highest BCUT2D eigenvalue weighted by Gasteiger charge is 2.25. The van der Waals surface area contributed by atoms with Crippen molar-refractivity contribution in [2.75, 3.05) is 43.5 Å². The molecule has 0 bridgehead atoms. The Hall–Kier alpha value is -4.92. The van der Waals surface area contributed by atoms with Crippen molar-refractivity contribution in [1.29, 1.82) is 0 Å². The molecule has 0 spiro atoms. The van der Waals surface area contributed by atoms with Crippen molar-refractivity contribution in [3.05, 3.63) is 103 Å². The van der Waals surface area contributed by atoms with Crippen LogP contribution in [0.3, 0.4) is 0 Å². The molecule has 3 aromatic carbocycles. The van der Waals surface area contributed by atoms with Crippen molar-refractivity contribution >= 4 is 28.6 Å². The standard InChI is InChI=1S/C30H29N7O2/c1-39-26-15-9-8-14-25(26)32-30(38)36-18-16-35(17-19-36)28-24-21-31-37(23-12-6-3-7-13-23)29(24)34-27(33-28)20-22-10-4-2-5-11-22/h2-15,21H,16-20H2,1H3,(H,32,38). The lowest BCUT2D eigenvalue weighted by Crippen LogP contribution is -2.50. The molecule has 3 heterocycles. The van der Waals surface area contributed by atoms with Gasteiger partial charge in [-0.25, -0.2) is 19.4 Å². The Morgan fingerprint density at radius 1 is 0.872 bits per heavy atom. The minimum atomic E-state index is -0.145. The van der Waals surface area contributed by atoms with E-state index in [-0.39, 0.29) is 6.03 Å². The number of amides is 2. The average Bonchev–Trinajstić information content (AvgIpc) is 3.42. The van der Waals surface area contributed by atoms with E-state index in [4.69, 9.17) is 14.7 Å². The number of hydrogen-bond donors (Lipinski definition) is 1. The molecule has 39 heavy (non-hydrogen) atoms. The second-order valence-corrected chi connectivity index (χ2v) is 9.36. The minimum Gasteiger partial charge on any atom is -0.495 e. The van der Waals surface area contributed by atoms with Crippen molar-refractivity contribution in [3.8, 4) is 11.4 Å². The van der Waals surface area contributed by atoms with Gasteiger partial charge < -0.3 is 19.9 Å². The number of rotatable bonds is 6. The first-order chi connectivity index (χ1) is 19.2. The molecule has 5 aromatic rings. The van der Waals surface area contributed by atoms with Gasteiger partial charge in [-0.05, 0) is 29.8 Å². The van der Waals surface area contributed by atoms with E-state index < -0.39 is 0 Å². The van der Waals surface area contributed by atoms with Gasteiger partial charge in [-0.3, -0.25) is 0 Å². The molecule has 0 radical (unpaired) electrons. The van der Waals surface area contributed by atoms with Gasteiger partial charge in [0.05, 0.1) is 30.1 Å². The molecule has 9 nitrogen and oxygen atoms in total. The van der Waals surface area contributed by atoms with Crippen LogP contribution in [0.1, 0.15) is 11.4 Å². The van der Waals surface area contributed by atoms with Gasteiger partial charge in [0.2, 0.25) is 0 Å². The summed E-state index contributed by atoms with van der Waals surface area (Å²) in [6.45, 7) is 2.42. The van der Waals surface area contributed by atoms with E-state index in [0.29, 0.717) is 44.0 Å². The largest absolute Gasteiger partial charge is 0.495 e. The van der Waals surface area contributed by atoms with Crippen LogP contribution in [0.2, 0.25) is 0 Å². The number of fused-ring (bicyclic) bond motifs is 1. The van der Waals surface area contributed by atoms with Crippen molar-refractivity contribution in [2.24, 2.45) is 0 Å². The molecule has 196 valence electrons. The fourth-order valence-electron chi connectivity index (χ4n) is 4.86. The van der Waals surface area contributed by atoms with Crippen LogP contribution >= 0.6 is 0 Å². The highest BCUT2D eigenvalue weighted by Crippen LogP contribution is 2.28. The maximum atomic E-state index is 13.0. The molecular weight excluding hydrogens is 490 g/mol. The smallest absolute Gasteiger partial charge is 0.322 e. The number of benzene rings is 3. The Morgan fingerprint density at radius 3 is 2.31 bits per heavy atom. The first-order valence-electron chi connectivity index (χ1n) is 13.0. The second kappa shape index (κ2) is 10.8. The maximum absolute atomic E-state index is 13.0. The van der Waals surface area contributed by atoms with Gasteiger partial charge in [-0.15, -0.1) is 0 Å². The minimum absolute atomic E-state index is 0.145. The fraction of sp³-hybridized carbons (Fsp3) is 0.200. The summed E-state index contributed by atoms with van der Waals surface area (Å²) in [6, 6.07) is 27.5. The van der Waals surface area contributed by atoms with Gasteiger partial charge in [-0.2, -0.15) is 5.10 Å². The van der Waals surface area contributed by atoms with Crippen LogP contribution in [-0.4, -0.2) is 64.0 Å². The van der Waals surface area contributed by atoms with E-state index in [1.54, 1.807) is 7.11 Å². The second-order valence-electron chi connectivity index (χ2n) is 9.36. The number of nitrogens with one attached hydrogen (secondary N) is 1. The maximum Gasteiger partial charge on any atom is 0.322 e. The molecular formula is C30H29N7O2. The van der Waals surface area contributed by atoms with Crippen LogP contribution in [0, 0.1) is 0 Å². The Balaban J connectivity index is 1.27. The van der Waals surface area contributed by atoms with Gasteiger partial charge in [0, 0.05) is 32.6 Å². The van der Waals surface area contributed by atoms with E-state index in [9.17, 15) is 4.79 Å². The third-order valence-corrected chi connectivity index (χ3v) is 6.88. The molecule has 9 heteroatoms. The number of methoxy groups -OCH3 is 1. The SMILES string of the molecule is COc1ccccc1NC(=O)N1CCN(c2nc(Cc3ccccc3)nc3c2cnn3-c2ccccc2)CC1. The van der Waals surface area contributed by atoms with Gasteiger partial charge in [0.1, 0.15) is 17.4 Å².